The van der Waals surface area contributed by atoms with Crippen LogP contribution in [0, 0.1) is 6.92 Å². The number of aromatic nitrogens is 4. The van der Waals surface area contributed by atoms with Crippen LogP contribution in [0.2, 0.25) is 5.02 Å². The smallest absolute Gasteiger partial charge is 0.324 e. The first-order valence-electron chi connectivity index (χ1n) is 13.2. The molecule has 0 radical (unpaired) electrons. The molecule has 0 aliphatic rings. The minimum absolute atomic E-state index is 0.224. The zero-order valence-electron chi connectivity index (χ0n) is 24.2. The maximum Gasteiger partial charge on any atom is 0.324 e. The van der Waals surface area contributed by atoms with Crippen molar-refractivity contribution in [2.75, 3.05) is 24.9 Å². The molecule has 10 nitrogen and oxygen atoms in total. The minimum atomic E-state index is -0.493. The van der Waals surface area contributed by atoms with Crippen LogP contribution in [0.4, 0.5) is 16.3 Å². The van der Waals surface area contributed by atoms with E-state index in [0.717, 1.165) is 16.9 Å². The highest BCUT2D eigenvalue weighted by molar-refractivity contribution is 6.33. The molecule has 5 aromatic rings. The molecule has 11 heteroatoms. The molecular formula is C31H31ClN6O4. The summed E-state index contributed by atoms with van der Waals surface area (Å²) in [6, 6.07) is 17.7. The van der Waals surface area contributed by atoms with Gasteiger partial charge < -0.3 is 19.5 Å². The predicted octanol–water partition coefficient (Wildman–Crippen LogP) is 7.53. The first kappa shape index (κ1) is 28.7. The Morgan fingerprint density at radius 3 is 2.31 bits per heavy atom. The Morgan fingerprint density at radius 1 is 0.905 bits per heavy atom. The fourth-order valence-electron chi connectivity index (χ4n) is 4.21. The summed E-state index contributed by atoms with van der Waals surface area (Å²) < 4.78 is 18.6. The second kappa shape index (κ2) is 11.6. The highest BCUT2D eigenvalue weighted by Crippen LogP contribution is 2.37. The van der Waals surface area contributed by atoms with Gasteiger partial charge in [-0.05, 0) is 37.3 Å². The predicted molar refractivity (Wildman–Crippen MR) is 164 cm³/mol. The van der Waals surface area contributed by atoms with E-state index < -0.39 is 6.03 Å². The largest absolute Gasteiger partial charge is 0.493 e. The summed E-state index contributed by atoms with van der Waals surface area (Å²) in [4.78, 5) is 21.8. The first-order valence-corrected chi connectivity index (χ1v) is 13.5. The number of anilines is 2. The summed E-state index contributed by atoms with van der Waals surface area (Å²) >= 11 is 6.45. The van der Waals surface area contributed by atoms with Gasteiger partial charge in [-0.3, -0.25) is 5.32 Å². The van der Waals surface area contributed by atoms with Crippen molar-refractivity contribution in [2.24, 2.45) is 0 Å². The number of carbonyl (C=O) groups excluding carboxylic acids is 1. The van der Waals surface area contributed by atoms with Crippen LogP contribution in [0.15, 0.2) is 67.0 Å². The molecule has 0 atom stereocenters. The van der Waals surface area contributed by atoms with E-state index in [9.17, 15) is 4.79 Å². The number of hydrogen-bond donors (Lipinski definition) is 2. The van der Waals surface area contributed by atoms with E-state index in [1.807, 2.05) is 37.3 Å². The van der Waals surface area contributed by atoms with E-state index in [-0.39, 0.29) is 5.41 Å². The fourth-order valence-corrected chi connectivity index (χ4v) is 4.37. The number of carbonyl (C=O) groups is 1. The van der Waals surface area contributed by atoms with Crippen LogP contribution in [0.25, 0.3) is 16.6 Å². The van der Waals surface area contributed by atoms with Gasteiger partial charge >= 0.3 is 6.03 Å². The van der Waals surface area contributed by atoms with Crippen LogP contribution in [0.1, 0.15) is 32.0 Å². The highest BCUT2D eigenvalue weighted by atomic mass is 35.5. The van der Waals surface area contributed by atoms with Crippen molar-refractivity contribution in [2.45, 2.75) is 33.1 Å². The van der Waals surface area contributed by atoms with Crippen LogP contribution in [-0.2, 0) is 5.41 Å². The normalized spacial score (nSPS) is 11.3. The lowest BCUT2D eigenvalue weighted by Gasteiger charge is -2.14. The van der Waals surface area contributed by atoms with Crippen molar-refractivity contribution < 1.29 is 19.0 Å². The molecule has 0 fully saturated rings. The Labute approximate surface area is 248 Å². The van der Waals surface area contributed by atoms with Crippen molar-refractivity contribution in [1.82, 2.24) is 19.7 Å². The van der Waals surface area contributed by atoms with E-state index in [0.29, 0.717) is 50.6 Å². The number of methoxy groups -OCH3 is 2. The van der Waals surface area contributed by atoms with Crippen molar-refractivity contribution in [3.05, 3.63) is 83.3 Å². The molecule has 2 heterocycles. The molecule has 0 aliphatic heterocycles. The number of aryl methyl sites for hydroxylation is 1. The Bertz CT molecular complexity index is 1760. The van der Waals surface area contributed by atoms with E-state index in [1.165, 1.54) is 6.33 Å². The number of nitrogens with one attached hydrogen (secondary N) is 2. The van der Waals surface area contributed by atoms with Crippen LogP contribution in [-0.4, -0.2) is 40.0 Å². The maximum atomic E-state index is 13.2. The number of fused-ring (bicyclic) bond motifs is 1. The van der Waals surface area contributed by atoms with Crippen LogP contribution >= 0.6 is 11.6 Å². The summed E-state index contributed by atoms with van der Waals surface area (Å²) in [5.41, 5.74) is 3.52. The zero-order chi connectivity index (χ0) is 30.0. The topological polar surface area (TPSA) is 112 Å². The quantitative estimate of drug-likeness (QED) is 0.203. The summed E-state index contributed by atoms with van der Waals surface area (Å²) in [6.07, 6.45) is 1.40. The van der Waals surface area contributed by atoms with Gasteiger partial charge in [0.05, 0.1) is 47.2 Å². The second-order valence-electron chi connectivity index (χ2n) is 10.6. The number of ether oxygens (including phenoxy) is 3. The van der Waals surface area contributed by atoms with Gasteiger partial charge in [-0.25, -0.2) is 19.4 Å². The molecule has 0 bridgehead atoms. The molecule has 0 unspecified atom stereocenters. The van der Waals surface area contributed by atoms with Gasteiger partial charge in [-0.15, -0.1) is 0 Å². The molecular weight excluding hydrogens is 556 g/mol. The van der Waals surface area contributed by atoms with Crippen molar-refractivity contribution in [1.29, 1.82) is 0 Å². The average Bonchev–Trinajstić information content (AvgIpc) is 3.39. The lowest BCUT2D eigenvalue weighted by Crippen LogP contribution is -2.21. The number of rotatable bonds is 7. The van der Waals surface area contributed by atoms with E-state index in [1.54, 1.807) is 49.2 Å². The molecule has 0 aliphatic carbocycles. The van der Waals surface area contributed by atoms with Crippen LogP contribution in [0.5, 0.6) is 23.1 Å². The molecule has 3 aromatic carbocycles. The Hall–Kier alpha value is -4.83. The molecule has 5 rings (SSSR count). The van der Waals surface area contributed by atoms with Crippen molar-refractivity contribution in [3.8, 4) is 28.8 Å². The number of amides is 2. The zero-order valence-corrected chi connectivity index (χ0v) is 24.9. The molecule has 0 saturated heterocycles. The summed E-state index contributed by atoms with van der Waals surface area (Å²) in [5, 5.41) is 11.5. The standard InChI is InChI=1S/C31H31ClN6O4/c1-18-7-9-19(10-8-18)38-28(16-27(37-38)31(2,3)4)36-30(39)35-24-13-20(11-12-22(24)32)42-29-21-14-25(40-5)26(41-6)15-23(21)33-17-34-29/h7-17H,1-6H3,(H2,35,36,39). The third kappa shape index (κ3) is 6.08. The monoisotopic (exact) mass is 586 g/mol. The fraction of sp³-hybridized carbons (Fsp3) is 0.226. The van der Waals surface area contributed by atoms with Crippen LogP contribution < -0.4 is 24.8 Å². The van der Waals surface area contributed by atoms with Gasteiger partial charge in [0.25, 0.3) is 0 Å². The van der Waals surface area contributed by atoms with Gasteiger partial charge in [-0.1, -0.05) is 50.1 Å². The first-order chi connectivity index (χ1) is 20.0. The summed E-state index contributed by atoms with van der Waals surface area (Å²) in [5.74, 6) is 2.28. The third-order valence-corrected chi connectivity index (χ3v) is 6.83. The Morgan fingerprint density at radius 2 is 1.62 bits per heavy atom. The number of halogens is 1. The van der Waals surface area contributed by atoms with E-state index in [4.69, 9.17) is 30.9 Å². The SMILES string of the molecule is COc1cc2ncnc(Oc3ccc(Cl)c(NC(=O)Nc4cc(C(C)(C)C)nn4-c4ccc(C)cc4)c3)c2cc1OC. The number of nitrogens with zero attached hydrogens (tertiary/aromatic N) is 4. The van der Waals surface area contributed by atoms with Crippen molar-refractivity contribution in [3.63, 3.8) is 0 Å². The van der Waals surface area contributed by atoms with Gasteiger partial charge in [0, 0.05) is 23.6 Å². The van der Waals surface area contributed by atoms with Crippen LogP contribution in [0.3, 0.4) is 0 Å². The maximum absolute atomic E-state index is 13.2. The number of urea groups is 1. The lowest BCUT2D eigenvalue weighted by atomic mass is 9.92. The lowest BCUT2D eigenvalue weighted by molar-refractivity contribution is 0.262. The third-order valence-electron chi connectivity index (χ3n) is 6.50. The molecule has 2 N–H and O–H groups in total. The highest BCUT2D eigenvalue weighted by Gasteiger charge is 2.22. The molecule has 42 heavy (non-hydrogen) atoms. The molecule has 2 aromatic heterocycles. The van der Waals surface area contributed by atoms with Gasteiger partial charge in [-0.2, -0.15) is 5.10 Å². The summed E-state index contributed by atoms with van der Waals surface area (Å²) in [6.45, 7) is 8.22. The average molecular weight is 587 g/mol. The molecule has 2 amide bonds. The molecule has 0 spiro atoms. The van der Waals surface area contributed by atoms with Crippen molar-refractivity contribution >= 4 is 40.0 Å². The second-order valence-corrected chi connectivity index (χ2v) is 11.0. The Balaban J connectivity index is 1.40. The molecule has 216 valence electrons. The minimum Gasteiger partial charge on any atom is -0.493 e. The van der Waals surface area contributed by atoms with E-state index in [2.05, 4.69) is 41.4 Å². The molecule has 0 saturated carbocycles. The Kier molecular flexibility index (Phi) is 7.91. The van der Waals surface area contributed by atoms with Gasteiger partial charge in [0.2, 0.25) is 5.88 Å². The number of benzene rings is 3. The van der Waals surface area contributed by atoms with E-state index >= 15 is 0 Å². The number of hydrogen-bond acceptors (Lipinski definition) is 7. The summed E-state index contributed by atoms with van der Waals surface area (Å²) in [7, 11) is 3.11. The van der Waals surface area contributed by atoms with Gasteiger partial charge in [0.15, 0.2) is 11.5 Å². The van der Waals surface area contributed by atoms with Gasteiger partial charge in [0.1, 0.15) is 17.9 Å².